The molecule has 0 aliphatic heterocycles. The van der Waals surface area contributed by atoms with Gasteiger partial charge in [-0.05, 0) is 79.3 Å². The van der Waals surface area contributed by atoms with Crippen LogP contribution >= 0.6 is 0 Å². The molecule has 34 heavy (non-hydrogen) atoms. The van der Waals surface area contributed by atoms with E-state index in [1.807, 2.05) is 49.4 Å². The van der Waals surface area contributed by atoms with Gasteiger partial charge in [0.25, 0.3) is 0 Å². The number of hydrogen-bond donors (Lipinski definition) is 0. The van der Waals surface area contributed by atoms with Gasteiger partial charge in [-0.15, -0.1) is 0 Å². The Balaban J connectivity index is 1.55. The number of carbonyl (C=O) groups is 1. The lowest BCUT2D eigenvalue weighted by molar-refractivity contribution is 0.0598. The Hall–Kier alpha value is -3.60. The summed E-state index contributed by atoms with van der Waals surface area (Å²) in [5.74, 6) is 1.54. The van der Waals surface area contributed by atoms with Crippen molar-refractivity contribution >= 4 is 5.97 Å². The van der Waals surface area contributed by atoms with Crippen LogP contribution in [0.1, 0.15) is 47.2 Å². The fourth-order valence-corrected chi connectivity index (χ4v) is 4.02. The molecule has 0 amide bonds. The third kappa shape index (κ3) is 6.04. The summed E-state index contributed by atoms with van der Waals surface area (Å²) in [6.45, 7) is 2.57. The SMILES string of the molecule is CCOc1ccc(C(/C=C(\F)Cc2ccc(C(=O)OC)c(Oc3ccccc3)c2)C2CC2)cc1. The number of allylic oxidation sites excluding steroid dienone is 2. The van der Waals surface area contributed by atoms with E-state index in [0.717, 1.165) is 24.2 Å². The highest BCUT2D eigenvalue weighted by Gasteiger charge is 2.31. The summed E-state index contributed by atoms with van der Waals surface area (Å²) < 4.78 is 31.5. The zero-order valence-electron chi connectivity index (χ0n) is 19.5. The molecule has 0 spiro atoms. The number of methoxy groups -OCH3 is 1. The van der Waals surface area contributed by atoms with Gasteiger partial charge in [0.2, 0.25) is 0 Å². The molecule has 5 heteroatoms. The number of carbonyl (C=O) groups excluding carboxylic acids is 1. The van der Waals surface area contributed by atoms with Gasteiger partial charge >= 0.3 is 5.97 Å². The predicted octanol–water partition coefficient (Wildman–Crippen LogP) is 7.25. The molecular weight excluding hydrogens is 431 g/mol. The second kappa shape index (κ2) is 11.0. The van der Waals surface area contributed by atoms with Crippen LogP contribution < -0.4 is 9.47 Å². The molecule has 0 saturated heterocycles. The third-order valence-corrected chi connectivity index (χ3v) is 5.86. The largest absolute Gasteiger partial charge is 0.494 e. The highest BCUT2D eigenvalue weighted by molar-refractivity contribution is 5.92. The second-order valence-corrected chi connectivity index (χ2v) is 8.39. The van der Waals surface area contributed by atoms with Gasteiger partial charge in [-0.3, -0.25) is 0 Å². The molecule has 0 bridgehead atoms. The van der Waals surface area contributed by atoms with Crippen molar-refractivity contribution in [3.8, 4) is 17.2 Å². The molecule has 0 heterocycles. The van der Waals surface area contributed by atoms with E-state index in [1.165, 1.54) is 7.11 Å². The molecule has 1 fully saturated rings. The Morgan fingerprint density at radius 1 is 1.03 bits per heavy atom. The van der Waals surface area contributed by atoms with Crippen molar-refractivity contribution in [2.45, 2.75) is 32.1 Å². The van der Waals surface area contributed by atoms with Crippen LogP contribution in [0.4, 0.5) is 4.39 Å². The lowest BCUT2D eigenvalue weighted by Crippen LogP contribution is -2.05. The molecule has 1 unspecified atom stereocenters. The highest BCUT2D eigenvalue weighted by Crippen LogP contribution is 2.44. The Labute approximate surface area is 200 Å². The van der Waals surface area contributed by atoms with Crippen LogP contribution in [0.25, 0.3) is 0 Å². The quantitative estimate of drug-likeness (QED) is 0.299. The molecule has 0 radical (unpaired) electrons. The molecule has 3 aromatic carbocycles. The Bertz CT molecular complexity index is 1130. The summed E-state index contributed by atoms with van der Waals surface area (Å²) in [5.41, 5.74) is 2.11. The van der Waals surface area contributed by atoms with Crippen LogP contribution in [0, 0.1) is 5.92 Å². The summed E-state index contributed by atoms with van der Waals surface area (Å²) in [5, 5.41) is 0. The van der Waals surface area contributed by atoms with Crippen LogP contribution in [0.5, 0.6) is 17.2 Å². The summed E-state index contributed by atoms with van der Waals surface area (Å²) in [4.78, 5) is 12.2. The predicted molar refractivity (Wildman–Crippen MR) is 130 cm³/mol. The monoisotopic (exact) mass is 460 g/mol. The van der Waals surface area contributed by atoms with Crippen LogP contribution in [0.2, 0.25) is 0 Å². The number of halogens is 1. The van der Waals surface area contributed by atoms with E-state index < -0.39 is 5.97 Å². The molecule has 176 valence electrons. The van der Waals surface area contributed by atoms with Crippen molar-refractivity contribution in [3.05, 3.63) is 101 Å². The minimum absolute atomic E-state index is 0.0325. The number of benzene rings is 3. The van der Waals surface area contributed by atoms with Crippen molar-refractivity contribution in [3.63, 3.8) is 0 Å². The minimum Gasteiger partial charge on any atom is -0.494 e. The molecule has 3 aromatic rings. The van der Waals surface area contributed by atoms with Crippen molar-refractivity contribution in [1.29, 1.82) is 0 Å². The number of rotatable bonds is 10. The number of para-hydroxylation sites is 1. The molecule has 1 atom stereocenters. The summed E-state index contributed by atoms with van der Waals surface area (Å²) in [6.07, 6.45) is 4.06. The van der Waals surface area contributed by atoms with E-state index in [4.69, 9.17) is 14.2 Å². The topological polar surface area (TPSA) is 44.8 Å². The summed E-state index contributed by atoms with van der Waals surface area (Å²) in [6, 6.07) is 22.2. The van der Waals surface area contributed by atoms with E-state index in [1.54, 1.807) is 36.4 Å². The molecule has 1 aliphatic rings. The second-order valence-electron chi connectivity index (χ2n) is 8.39. The van der Waals surface area contributed by atoms with Crippen molar-refractivity contribution in [1.82, 2.24) is 0 Å². The first-order valence-electron chi connectivity index (χ1n) is 11.6. The standard InChI is InChI=1S/C29H29FO4/c1-3-33-24-14-12-22(13-15-24)27(21-10-11-21)19-23(30)17-20-9-16-26(29(31)32-2)28(18-20)34-25-7-5-4-6-8-25/h4-9,12-16,18-19,21,27H,3,10-11,17H2,1-2H3/b23-19-. The van der Waals surface area contributed by atoms with Crippen LogP contribution in [0.3, 0.4) is 0 Å². The first-order valence-corrected chi connectivity index (χ1v) is 11.6. The van der Waals surface area contributed by atoms with Crippen molar-refractivity contribution in [2.75, 3.05) is 13.7 Å². The summed E-state index contributed by atoms with van der Waals surface area (Å²) in [7, 11) is 1.32. The van der Waals surface area contributed by atoms with Gasteiger partial charge in [0.05, 0.1) is 13.7 Å². The number of esters is 1. The van der Waals surface area contributed by atoms with Gasteiger partial charge in [-0.1, -0.05) is 36.4 Å². The zero-order chi connectivity index (χ0) is 23.9. The van der Waals surface area contributed by atoms with Gasteiger partial charge in [-0.25, -0.2) is 9.18 Å². The molecule has 1 saturated carbocycles. The molecule has 0 aromatic heterocycles. The third-order valence-electron chi connectivity index (χ3n) is 5.86. The Morgan fingerprint density at radius 2 is 1.76 bits per heavy atom. The van der Waals surface area contributed by atoms with E-state index >= 15 is 4.39 Å². The Morgan fingerprint density at radius 3 is 2.41 bits per heavy atom. The maximum Gasteiger partial charge on any atom is 0.341 e. The molecule has 1 aliphatic carbocycles. The fourth-order valence-electron chi connectivity index (χ4n) is 4.02. The minimum atomic E-state index is -0.502. The van der Waals surface area contributed by atoms with Gasteiger partial charge in [-0.2, -0.15) is 0 Å². The van der Waals surface area contributed by atoms with Gasteiger partial charge in [0.1, 0.15) is 28.6 Å². The molecule has 0 N–H and O–H groups in total. The van der Waals surface area contributed by atoms with Gasteiger partial charge in [0.15, 0.2) is 0 Å². The lowest BCUT2D eigenvalue weighted by atomic mass is 9.92. The van der Waals surface area contributed by atoms with E-state index in [0.29, 0.717) is 35.2 Å². The van der Waals surface area contributed by atoms with Crippen molar-refractivity contribution < 1.29 is 23.4 Å². The highest BCUT2D eigenvalue weighted by atomic mass is 19.1. The van der Waals surface area contributed by atoms with E-state index in [9.17, 15) is 4.79 Å². The lowest BCUT2D eigenvalue weighted by Gasteiger charge is -2.15. The molecule has 4 rings (SSSR count). The maximum absolute atomic E-state index is 15.2. The fraction of sp³-hybridized carbons (Fsp3) is 0.276. The maximum atomic E-state index is 15.2. The summed E-state index contributed by atoms with van der Waals surface area (Å²) >= 11 is 0. The molecular formula is C29H29FO4. The zero-order valence-corrected chi connectivity index (χ0v) is 19.5. The normalized spacial score (nSPS) is 14.4. The first-order chi connectivity index (χ1) is 16.6. The molecule has 4 nitrogen and oxygen atoms in total. The van der Waals surface area contributed by atoms with E-state index in [2.05, 4.69) is 0 Å². The first kappa shape index (κ1) is 23.6. The average molecular weight is 461 g/mol. The van der Waals surface area contributed by atoms with E-state index in [-0.39, 0.29) is 18.2 Å². The number of ether oxygens (including phenoxy) is 3. The Kier molecular flexibility index (Phi) is 7.63. The van der Waals surface area contributed by atoms with Crippen molar-refractivity contribution in [2.24, 2.45) is 5.92 Å². The average Bonchev–Trinajstić information content (AvgIpc) is 3.69. The van der Waals surface area contributed by atoms with Gasteiger partial charge < -0.3 is 14.2 Å². The number of hydrogen-bond acceptors (Lipinski definition) is 4. The van der Waals surface area contributed by atoms with Crippen LogP contribution in [-0.2, 0) is 11.2 Å². The van der Waals surface area contributed by atoms with Gasteiger partial charge in [0, 0.05) is 12.3 Å². The van der Waals surface area contributed by atoms with Crippen LogP contribution in [-0.4, -0.2) is 19.7 Å². The smallest absolute Gasteiger partial charge is 0.341 e. The van der Waals surface area contributed by atoms with Crippen LogP contribution in [0.15, 0.2) is 84.7 Å².